The number of pyridine rings is 2. The summed E-state index contributed by atoms with van der Waals surface area (Å²) in [5.74, 6) is 0.814. The molecule has 1 unspecified atom stereocenters. The zero-order valence-corrected chi connectivity index (χ0v) is 13.2. The van der Waals surface area contributed by atoms with Gasteiger partial charge in [0.1, 0.15) is 12.0 Å². The number of nitrogens with two attached hydrogens (primary N) is 2. The van der Waals surface area contributed by atoms with Crippen LogP contribution in [-0.2, 0) is 0 Å². The van der Waals surface area contributed by atoms with E-state index in [-0.39, 0.29) is 0 Å². The zero-order chi connectivity index (χ0) is 16.8. The molecule has 0 fully saturated rings. The topological polar surface area (TPSA) is 87.0 Å². The van der Waals surface area contributed by atoms with Gasteiger partial charge in [0.15, 0.2) is 0 Å². The molecule has 0 bridgehead atoms. The quantitative estimate of drug-likeness (QED) is 0.668. The molecule has 1 aromatic carbocycles. The zero-order valence-electron chi connectivity index (χ0n) is 13.2. The van der Waals surface area contributed by atoms with Crippen LogP contribution in [0.2, 0.25) is 0 Å². The highest BCUT2D eigenvalue weighted by Gasteiger charge is 2.26. The van der Waals surface area contributed by atoms with Crippen LogP contribution in [0.25, 0.3) is 21.9 Å². The molecule has 2 aromatic heterocycles. The number of hydrogen-bond donors (Lipinski definition) is 2. The molecular weight excluding hydrogens is 307 g/mol. The van der Waals surface area contributed by atoms with Crippen LogP contribution >= 0.6 is 0 Å². The Labute approximate surface area is 138 Å². The Hall–Kier alpha value is -2.89. The molecule has 4 N–H and O–H groups in total. The van der Waals surface area contributed by atoms with Crippen LogP contribution < -0.4 is 16.2 Å². The van der Waals surface area contributed by atoms with Crippen LogP contribution in [0.4, 0.5) is 15.9 Å². The summed E-state index contributed by atoms with van der Waals surface area (Å²) in [4.78, 5) is 8.37. The predicted molar refractivity (Wildman–Crippen MR) is 92.5 cm³/mol. The van der Waals surface area contributed by atoms with Crippen molar-refractivity contribution < 1.29 is 9.13 Å². The Morgan fingerprint density at radius 3 is 2.83 bits per heavy atom. The Morgan fingerprint density at radius 1 is 1.17 bits per heavy atom. The van der Waals surface area contributed by atoms with E-state index in [0.29, 0.717) is 36.0 Å². The van der Waals surface area contributed by atoms with Crippen molar-refractivity contribution in [3.63, 3.8) is 0 Å². The summed E-state index contributed by atoms with van der Waals surface area (Å²) in [6, 6.07) is 5.60. The van der Waals surface area contributed by atoms with Gasteiger partial charge in [0.05, 0.1) is 12.2 Å². The number of rotatable bonds is 1. The highest BCUT2D eigenvalue weighted by molar-refractivity contribution is 5.97. The number of anilines is 2. The van der Waals surface area contributed by atoms with Crippen molar-refractivity contribution in [1.82, 2.24) is 9.97 Å². The average molecular weight is 324 g/mol. The molecule has 0 radical (unpaired) electrons. The highest BCUT2D eigenvalue weighted by atomic mass is 19.1. The minimum absolute atomic E-state index is 0.348. The van der Waals surface area contributed by atoms with Gasteiger partial charge in [0.25, 0.3) is 0 Å². The highest BCUT2D eigenvalue weighted by Crippen LogP contribution is 2.40. The molecule has 122 valence electrons. The Balaban J connectivity index is 1.93. The van der Waals surface area contributed by atoms with Gasteiger partial charge in [-0.05, 0) is 41.6 Å². The fourth-order valence-electron chi connectivity index (χ4n) is 3.23. The van der Waals surface area contributed by atoms with Gasteiger partial charge in [-0.15, -0.1) is 0 Å². The SMILES string of the molecule is Cc1c(-c2cc(N)c3cnc(N)cc3c2)cnc2c1C(F)CCO2. The van der Waals surface area contributed by atoms with Crippen LogP contribution in [0.5, 0.6) is 5.88 Å². The van der Waals surface area contributed by atoms with Crippen molar-refractivity contribution >= 4 is 22.3 Å². The third-order valence-electron chi connectivity index (χ3n) is 4.47. The Kier molecular flexibility index (Phi) is 3.26. The lowest BCUT2D eigenvalue weighted by Gasteiger charge is -2.23. The molecule has 3 heterocycles. The number of nitrogen functional groups attached to an aromatic ring is 2. The van der Waals surface area contributed by atoms with Gasteiger partial charge in [0, 0.05) is 35.5 Å². The molecule has 5 nitrogen and oxygen atoms in total. The molecule has 0 saturated carbocycles. The fourth-order valence-corrected chi connectivity index (χ4v) is 3.23. The summed E-state index contributed by atoms with van der Waals surface area (Å²) < 4.78 is 19.8. The largest absolute Gasteiger partial charge is 0.477 e. The average Bonchev–Trinajstić information content (AvgIpc) is 2.54. The van der Waals surface area contributed by atoms with E-state index in [0.717, 1.165) is 27.5 Å². The van der Waals surface area contributed by atoms with E-state index in [2.05, 4.69) is 9.97 Å². The molecule has 1 atom stereocenters. The molecule has 6 heteroatoms. The monoisotopic (exact) mass is 324 g/mol. The summed E-state index contributed by atoms with van der Waals surface area (Å²) in [6.07, 6.45) is 2.66. The van der Waals surface area contributed by atoms with Gasteiger partial charge in [-0.2, -0.15) is 0 Å². The van der Waals surface area contributed by atoms with E-state index >= 15 is 0 Å². The van der Waals surface area contributed by atoms with Gasteiger partial charge in [-0.3, -0.25) is 0 Å². The number of benzene rings is 1. The number of hydrogen-bond acceptors (Lipinski definition) is 5. The Bertz CT molecular complexity index is 957. The third-order valence-corrected chi connectivity index (χ3v) is 4.47. The lowest BCUT2D eigenvalue weighted by molar-refractivity contribution is 0.192. The lowest BCUT2D eigenvalue weighted by atomic mass is 9.93. The maximum absolute atomic E-state index is 14.3. The van der Waals surface area contributed by atoms with Crippen LogP contribution in [-0.4, -0.2) is 16.6 Å². The van der Waals surface area contributed by atoms with Crippen LogP contribution in [0.15, 0.2) is 30.6 Å². The van der Waals surface area contributed by atoms with E-state index in [4.69, 9.17) is 16.2 Å². The summed E-state index contributed by atoms with van der Waals surface area (Å²) in [5.41, 5.74) is 15.6. The third kappa shape index (κ3) is 2.22. The smallest absolute Gasteiger partial charge is 0.219 e. The molecule has 1 aliphatic rings. The van der Waals surface area contributed by atoms with Crippen molar-refractivity contribution in [3.8, 4) is 17.0 Å². The molecule has 4 rings (SSSR count). The van der Waals surface area contributed by atoms with Crippen molar-refractivity contribution in [2.45, 2.75) is 19.5 Å². The van der Waals surface area contributed by atoms with Gasteiger partial charge in [0.2, 0.25) is 5.88 Å². The number of nitrogens with zero attached hydrogens (tertiary/aromatic N) is 2. The molecule has 1 aliphatic heterocycles. The number of fused-ring (bicyclic) bond motifs is 2. The second-order valence-corrected chi connectivity index (χ2v) is 6.02. The van der Waals surface area contributed by atoms with Gasteiger partial charge in [-0.1, -0.05) is 0 Å². The van der Waals surface area contributed by atoms with Gasteiger partial charge >= 0.3 is 0 Å². The van der Waals surface area contributed by atoms with Crippen LogP contribution in [0, 0.1) is 6.92 Å². The van der Waals surface area contributed by atoms with Gasteiger partial charge < -0.3 is 16.2 Å². The fraction of sp³-hybridized carbons (Fsp3) is 0.222. The van der Waals surface area contributed by atoms with E-state index in [1.807, 2.05) is 19.1 Å². The molecule has 3 aromatic rings. The first-order valence-electron chi connectivity index (χ1n) is 7.76. The molecule has 0 amide bonds. The second kappa shape index (κ2) is 5.33. The van der Waals surface area contributed by atoms with Crippen molar-refractivity contribution in [2.75, 3.05) is 18.1 Å². The Morgan fingerprint density at radius 2 is 2.00 bits per heavy atom. The van der Waals surface area contributed by atoms with E-state index in [1.165, 1.54) is 0 Å². The van der Waals surface area contributed by atoms with Crippen molar-refractivity contribution in [3.05, 3.63) is 41.7 Å². The minimum Gasteiger partial charge on any atom is -0.477 e. The van der Waals surface area contributed by atoms with Crippen LogP contribution in [0.1, 0.15) is 23.7 Å². The normalized spacial score (nSPS) is 16.7. The van der Waals surface area contributed by atoms with Crippen molar-refractivity contribution in [1.29, 1.82) is 0 Å². The van der Waals surface area contributed by atoms with Gasteiger partial charge in [-0.25, -0.2) is 14.4 Å². The summed E-state index contributed by atoms with van der Waals surface area (Å²) in [6.45, 7) is 2.24. The van der Waals surface area contributed by atoms with E-state index in [9.17, 15) is 4.39 Å². The second-order valence-electron chi connectivity index (χ2n) is 6.02. The first-order chi connectivity index (χ1) is 11.5. The standard InChI is InChI=1S/C18H17FN4O/c1-9-12(7-23-18-17(9)14(19)2-3-24-18)10-4-11-6-16(21)22-8-13(11)15(20)5-10/h4-8,14H,2-3,20H2,1H3,(H2,21,22). The molecule has 24 heavy (non-hydrogen) atoms. The maximum Gasteiger partial charge on any atom is 0.219 e. The molecular formula is C18H17FN4O. The number of halogens is 1. The summed E-state index contributed by atoms with van der Waals surface area (Å²) in [5, 5.41) is 1.73. The maximum atomic E-state index is 14.3. The summed E-state index contributed by atoms with van der Waals surface area (Å²) in [7, 11) is 0. The predicted octanol–water partition coefficient (Wildman–Crippen LogP) is 3.56. The first-order valence-corrected chi connectivity index (χ1v) is 7.76. The molecule has 0 spiro atoms. The molecule has 0 aliphatic carbocycles. The van der Waals surface area contributed by atoms with E-state index < -0.39 is 6.17 Å². The number of aromatic nitrogens is 2. The summed E-state index contributed by atoms with van der Waals surface area (Å²) >= 11 is 0. The first kappa shape index (κ1) is 14.7. The number of ether oxygens (including phenoxy) is 1. The van der Waals surface area contributed by atoms with E-state index in [1.54, 1.807) is 18.5 Å². The van der Waals surface area contributed by atoms with Crippen molar-refractivity contribution in [2.24, 2.45) is 0 Å². The minimum atomic E-state index is -1.06. The van der Waals surface area contributed by atoms with Crippen LogP contribution in [0.3, 0.4) is 0 Å². The lowest BCUT2D eigenvalue weighted by Crippen LogP contribution is -2.14. The molecule has 0 saturated heterocycles. The number of alkyl halides is 1.